The predicted molar refractivity (Wildman–Crippen MR) is 125 cm³/mol. The average Bonchev–Trinajstić information content (AvgIpc) is 3.61. The molecule has 12 heteroatoms. The van der Waals surface area contributed by atoms with Crippen molar-refractivity contribution in [2.75, 3.05) is 11.4 Å². The Hall–Kier alpha value is -4.66. The predicted octanol–water partition coefficient (Wildman–Crippen LogP) is 5.37. The van der Waals surface area contributed by atoms with Crippen LogP contribution < -0.4 is 9.64 Å². The molecule has 5 aromatic rings. The Kier molecular flexibility index (Phi) is 5.40. The van der Waals surface area contributed by atoms with E-state index < -0.39 is 18.2 Å². The number of aromatic nitrogens is 5. The largest absolute Gasteiger partial charge is 0.433 e. The van der Waals surface area contributed by atoms with E-state index in [4.69, 9.17) is 4.98 Å². The minimum Gasteiger partial charge on any atom is -0.433 e. The van der Waals surface area contributed by atoms with Crippen LogP contribution in [0.1, 0.15) is 30.0 Å². The molecule has 4 heterocycles. The minimum atomic E-state index is -3.08. The van der Waals surface area contributed by atoms with Crippen molar-refractivity contribution >= 4 is 22.5 Å². The summed E-state index contributed by atoms with van der Waals surface area (Å²) in [5.74, 6) is -0.319. The Bertz CT molecular complexity index is 1690. The van der Waals surface area contributed by atoms with E-state index in [2.05, 4.69) is 19.8 Å². The van der Waals surface area contributed by atoms with Crippen LogP contribution >= 0.6 is 0 Å². The number of nitrogens with one attached hydrogen (secondary N) is 1. The fourth-order valence-corrected chi connectivity index (χ4v) is 4.77. The monoisotopic (exact) mass is 507 g/mol. The van der Waals surface area contributed by atoms with E-state index in [1.54, 1.807) is 23.0 Å². The maximum atomic E-state index is 14.5. The van der Waals surface area contributed by atoms with E-state index in [0.717, 1.165) is 18.6 Å². The number of hydrogen-bond donors (Lipinski definition) is 1. The Labute approximate surface area is 206 Å². The summed E-state index contributed by atoms with van der Waals surface area (Å²) in [5, 5.41) is 13.6. The van der Waals surface area contributed by atoms with Gasteiger partial charge in [-0.15, -0.1) is 0 Å². The molecule has 0 aliphatic carbocycles. The molecule has 8 nitrogen and oxygen atoms in total. The normalized spacial score (nSPS) is 15.7. The molecule has 1 fully saturated rings. The van der Waals surface area contributed by atoms with Crippen molar-refractivity contribution in [2.45, 2.75) is 25.5 Å². The molecule has 1 N–H and O–H groups in total. The molecule has 1 saturated heterocycles. The number of benzene rings is 2. The Morgan fingerprint density at radius 2 is 2.00 bits per heavy atom. The van der Waals surface area contributed by atoms with Gasteiger partial charge in [0.05, 0.1) is 34.4 Å². The fourth-order valence-electron chi connectivity index (χ4n) is 4.77. The van der Waals surface area contributed by atoms with E-state index >= 15 is 0 Å². The van der Waals surface area contributed by atoms with E-state index in [9.17, 15) is 22.8 Å². The summed E-state index contributed by atoms with van der Waals surface area (Å²) in [6.07, 6.45) is 4.70. The van der Waals surface area contributed by atoms with Crippen molar-refractivity contribution in [3.63, 3.8) is 0 Å². The smallest absolute Gasteiger partial charge is 0.387 e. The van der Waals surface area contributed by atoms with Crippen LogP contribution in [-0.2, 0) is 0 Å². The molecule has 37 heavy (non-hydrogen) atoms. The number of nitriles is 1. The number of imidazole rings is 1. The molecule has 0 bridgehead atoms. The summed E-state index contributed by atoms with van der Waals surface area (Å²) in [4.78, 5) is 14.2. The minimum absolute atomic E-state index is 0.0621. The van der Waals surface area contributed by atoms with Gasteiger partial charge in [0.1, 0.15) is 35.1 Å². The van der Waals surface area contributed by atoms with Crippen LogP contribution in [0.25, 0.3) is 28.1 Å². The van der Waals surface area contributed by atoms with Crippen LogP contribution in [-0.4, -0.2) is 37.7 Å². The fraction of sp³-hybridized carbons (Fsp3) is 0.200. The molecule has 0 radical (unpaired) electrons. The number of rotatable bonds is 5. The lowest BCUT2D eigenvalue weighted by Crippen LogP contribution is -2.24. The highest BCUT2D eigenvalue weighted by molar-refractivity contribution is 5.85. The first-order chi connectivity index (χ1) is 17.9. The van der Waals surface area contributed by atoms with Gasteiger partial charge in [0.25, 0.3) is 0 Å². The third kappa shape index (κ3) is 3.98. The van der Waals surface area contributed by atoms with E-state index in [1.165, 1.54) is 18.2 Å². The van der Waals surface area contributed by atoms with Gasteiger partial charge in [-0.05, 0) is 43.2 Å². The zero-order chi connectivity index (χ0) is 25.7. The molecule has 186 valence electrons. The van der Waals surface area contributed by atoms with Gasteiger partial charge >= 0.3 is 6.61 Å². The van der Waals surface area contributed by atoms with Crippen LogP contribution in [0.3, 0.4) is 0 Å². The second kappa shape index (κ2) is 8.77. The Morgan fingerprint density at radius 1 is 1.14 bits per heavy atom. The first-order valence-electron chi connectivity index (χ1n) is 11.4. The van der Waals surface area contributed by atoms with Gasteiger partial charge in [0.15, 0.2) is 5.65 Å². The van der Waals surface area contributed by atoms with Crippen LogP contribution in [0, 0.1) is 23.0 Å². The second-order valence-electron chi connectivity index (χ2n) is 8.57. The van der Waals surface area contributed by atoms with E-state index in [-0.39, 0.29) is 22.9 Å². The highest BCUT2D eigenvalue weighted by Gasteiger charge is 2.30. The summed E-state index contributed by atoms with van der Waals surface area (Å²) < 4.78 is 59.9. The highest BCUT2D eigenvalue weighted by Crippen LogP contribution is 2.37. The number of nitrogens with zero attached hydrogens (tertiary/aromatic N) is 6. The van der Waals surface area contributed by atoms with Crippen molar-refractivity contribution in [3.05, 3.63) is 71.6 Å². The maximum Gasteiger partial charge on any atom is 0.387 e. The average molecular weight is 507 g/mol. The number of H-pyrrole nitrogens is 1. The van der Waals surface area contributed by atoms with Crippen molar-refractivity contribution in [2.24, 2.45) is 0 Å². The zero-order valence-electron chi connectivity index (χ0n) is 19.0. The van der Waals surface area contributed by atoms with Gasteiger partial charge in [0.2, 0.25) is 0 Å². The summed E-state index contributed by atoms with van der Waals surface area (Å²) in [6, 6.07) is 9.32. The first-order valence-corrected chi connectivity index (χ1v) is 11.4. The highest BCUT2D eigenvalue weighted by atomic mass is 19.3. The molecular weight excluding hydrogens is 490 g/mol. The van der Waals surface area contributed by atoms with Gasteiger partial charge in [-0.25, -0.2) is 23.3 Å². The Balaban J connectivity index is 1.40. The lowest BCUT2D eigenvalue weighted by molar-refractivity contribution is -0.0499. The van der Waals surface area contributed by atoms with E-state index in [1.807, 2.05) is 11.0 Å². The molecule has 0 saturated carbocycles. The molecule has 0 unspecified atom stereocenters. The van der Waals surface area contributed by atoms with Crippen molar-refractivity contribution in [1.29, 1.82) is 5.26 Å². The molecule has 3 aromatic heterocycles. The number of aromatic amines is 1. The zero-order valence-corrected chi connectivity index (χ0v) is 19.0. The van der Waals surface area contributed by atoms with Gasteiger partial charge < -0.3 is 14.6 Å². The van der Waals surface area contributed by atoms with Crippen molar-refractivity contribution in [1.82, 2.24) is 24.6 Å². The molecule has 1 atom stereocenters. The van der Waals surface area contributed by atoms with Crippen LogP contribution in [0.4, 0.5) is 23.4 Å². The van der Waals surface area contributed by atoms with Gasteiger partial charge in [-0.3, -0.25) is 0 Å². The van der Waals surface area contributed by atoms with Gasteiger partial charge in [-0.2, -0.15) is 19.1 Å². The summed E-state index contributed by atoms with van der Waals surface area (Å²) in [6.45, 7) is -2.47. The number of fused-ring (bicyclic) bond motifs is 2. The van der Waals surface area contributed by atoms with Crippen LogP contribution in [0.15, 0.2) is 48.8 Å². The summed E-state index contributed by atoms with van der Waals surface area (Å²) in [5.41, 5.74) is 1.96. The third-order valence-corrected chi connectivity index (χ3v) is 6.39. The quantitative estimate of drug-likeness (QED) is 0.322. The SMILES string of the molecule is N#Cc1cc2[nH]c(-c3cnn4ccc(N5CCC[C@@H]5c5cc(F)ccc5F)nc34)nc2cc1OC(F)F. The molecule has 1 aliphatic heterocycles. The maximum absolute atomic E-state index is 14.5. The van der Waals surface area contributed by atoms with Crippen molar-refractivity contribution < 1.29 is 22.3 Å². The topological polar surface area (TPSA) is 95.1 Å². The summed E-state index contributed by atoms with van der Waals surface area (Å²) >= 11 is 0. The molecule has 0 spiro atoms. The molecule has 0 amide bonds. The van der Waals surface area contributed by atoms with Crippen molar-refractivity contribution in [3.8, 4) is 23.2 Å². The van der Waals surface area contributed by atoms with Gasteiger partial charge in [-0.1, -0.05) is 0 Å². The number of hydrogen-bond acceptors (Lipinski definition) is 6. The van der Waals surface area contributed by atoms with Gasteiger partial charge in [0, 0.05) is 24.4 Å². The molecule has 2 aromatic carbocycles. The lowest BCUT2D eigenvalue weighted by Gasteiger charge is -2.26. The number of halogens is 4. The summed E-state index contributed by atoms with van der Waals surface area (Å²) in [7, 11) is 0. The first kappa shape index (κ1) is 22.8. The third-order valence-electron chi connectivity index (χ3n) is 6.39. The number of ether oxygens (including phenoxy) is 1. The molecule has 6 rings (SSSR count). The van der Waals surface area contributed by atoms with Crippen LogP contribution in [0.5, 0.6) is 5.75 Å². The number of alkyl halides is 2. The second-order valence-corrected chi connectivity index (χ2v) is 8.57. The number of anilines is 1. The van der Waals surface area contributed by atoms with Crippen LogP contribution in [0.2, 0.25) is 0 Å². The van der Waals surface area contributed by atoms with E-state index in [0.29, 0.717) is 46.9 Å². The standard InChI is InChI=1S/C25H17F4N7O/c26-14-3-4-17(27)15(9-14)20-2-1-6-35(20)22-5-7-36-24(34-22)16(12-31-36)23-32-18-8-13(11-30)21(37-25(28)29)10-19(18)33-23/h3-5,7-10,12,20,25H,1-2,6H2,(H,32,33)/t20-/m1/s1. The lowest BCUT2D eigenvalue weighted by atomic mass is 10.0. The Morgan fingerprint density at radius 3 is 2.81 bits per heavy atom. The molecular formula is C25H17F4N7O. The molecule has 1 aliphatic rings.